The van der Waals surface area contributed by atoms with E-state index in [4.69, 9.17) is 0 Å². The minimum atomic E-state index is -0.394. The van der Waals surface area contributed by atoms with Crippen molar-refractivity contribution >= 4 is 11.8 Å². The lowest BCUT2D eigenvalue weighted by Crippen LogP contribution is -2.38. The summed E-state index contributed by atoms with van der Waals surface area (Å²) in [6, 6.07) is 0.149. The first kappa shape index (κ1) is 13.9. The van der Waals surface area contributed by atoms with Gasteiger partial charge in [0.1, 0.15) is 0 Å². The SMILES string of the molecule is CC(C)NC(=O)CCNC(=O)C(C)(C)C. The molecule has 2 N–H and O–H groups in total. The predicted molar refractivity (Wildman–Crippen MR) is 60.4 cm³/mol. The van der Waals surface area contributed by atoms with Crippen LogP contribution in [0.2, 0.25) is 0 Å². The third-order valence-electron chi connectivity index (χ3n) is 1.77. The molecule has 0 radical (unpaired) electrons. The first-order valence-electron chi connectivity index (χ1n) is 5.31. The van der Waals surface area contributed by atoms with Gasteiger partial charge in [0, 0.05) is 24.4 Å². The molecular weight excluding hydrogens is 192 g/mol. The molecule has 0 aliphatic heterocycles. The summed E-state index contributed by atoms with van der Waals surface area (Å²) in [6.45, 7) is 9.75. The van der Waals surface area contributed by atoms with Crippen molar-refractivity contribution in [2.75, 3.05) is 6.54 Å². The van der Waals surface area contributed by atoms with Crippen LogP contribution in [0.1, 0.15) is 41.0 Å². The molecule has 15 heavy (non-hydrogen) atoms. The minimum Gasteiger partial charge on any atom is -0.355 e. The standard InChI is InChI=1S/C11H22N2O2/c1-8(2)13-9(14)6-7-12-10(15)11(3,4)5/h8H,6-7H2,1-5H3,(H,12,15)(H,13,14). The van der Waals surface area contributed by atoms with Crippen LogP contribution >= 0.6 is 0 Å². The molecule has 4 heteroatoms. The van der Waals surface area contributed by atoms with Crippen LogP contribution in [-0.4, -0.2) is 24.4 Å². The van der Waals surface area contributed by atoms with Gasteiger partial charge in [0.15, 0.2) is 0 Å². The molecule has 0 aliphatic carbocycles. The number of hydrogen-bond donors (Lipinski definition) is 2. The number of carbonyl (C=O) groups is 2. The highest BCUT2D eigenvalue weighted by atomic mass is 16.2. The quantitative estimate of drug-likeness (QED) is 0.735. The van der Waals surface area contributed by atoms with Gasteiger partial charge < -0.3 is 10.6 Å². The summed E-state index contributed by atoms with van der Waals surface area (Å²) in [5.74, 6) is -0.0564. The zero-order chi connectivity index (χ0) is 12.1. The van der Waals surface area contributed by atoms with Gasteiger partial charge in [0.2, 0.25) is 11.8 Å². The van der Waals surface area contributed by atoms with E-state index in [0.717, 1.165) is 0 Å². The van der Waals surface area contributed by atoms with Crippen LogP contribution in [0.15, 0.2) is 0 Å². The summed E-state index contributed by atoms with van der Waals surface area (Å²) >= 11 is 0. The Kier molecular flexibility index (Phi) is 5.33. The van der Waals surface area contributed by atoms with Crippen LogP contribution in [0, 0.1) is 5.41 Å². The number of hydrogen-bond acceptors (Lipinski definition) is 2. The molecule has 0 aromatic heterocycles. The zero-order valence-electron chi connectivity index (χ0n) is 10.3. The monoisotopic (exact) mass is 214 g/mol. The summed E-state index contributed by atoms with van der Waals surface area (Å²) in [5.41, 5.74) is -0.394. The van der Waals surface area contributed by atoms with Gasteiger partial charge >= 0.3 is 0 Å². The highest BCUT2D eigenvalue weighted by Gasteiger charge is 2.20. The molecule has 0 bridgehead atoms. The van der Waals surface area contributed by atoms with E-state index in [9.17, 15) is 9.59 Å². The Hall–Kier alpha value is -1.06. The molecule has 0 aromatic rings. The lowest BCUT2D eigenvalue weighted by Gasteiger charge is -2.17. The zero-order valence-corrected chi connectivity index (χ0v) is 10.3. The molecule has 0 aromatic carbocycles. The molecule has 4 nitrogen and oxygen atoms in total. The molecular formula is C11H22N2O2. The van der Waals surface area contributed by atoms with E-state index in [1.54, 1.807) is 0 Å². The van der Waals surface area contributed by atoms with Crippen LogP contribution in [-0.2, 0) is 9.59 Å². The molecule has 0 rings (SSSR count). The predicted octanol–water partition coefficient (Wildman–Crippen LogP) is 1.06. The van der Waals surface area contributed by atoms with E-state index in [0.29, 0.717) is 13.0 Å². The summed E-state index contributed by atoms with van der Waals surface area (Å²) in [5, 5.41) is 5.49. The molecule has 0 fully saturated rings. The van der Waals surface area contributed by atoms with Crippen LogP contribution < -0.4 is 10.6 Å². The van der Waals surface area contributed by atoms with E-state index in [2.05, 4.69) is 10.6 Å². The van der Waals surface area contributed by atoms with Crippen molar-refractivity contribution in [2.45, 2.75) is 47.1 Å². The van der Waals surface area contributed by atoms with Crippen molar-refractivity contribution in [3.05, 3.63) is 0 Å². The van der Waals surface area contributed by atoms with Crippen LogP contribution in [0.5, 0.6) is 0 Å². The number of nitrogens with one attached hydrogen (secondary N) is 2. The summed E-state index contributed by atoms with van der Waals surface area (Å²) in [6.07, 6.45) is 0.333. The van der Waals surface area contributed by atoms with Gasteiger partial charge in [0.25, 0.3) is 0 Å². The summed E-state index contributed by atoms with van der Waals surface area (Å²) in [7, 11) is 0. The lowest BCUT2D eigenvalue weighted by molar-refractivity contribution is -0.128. The smallest absolute Gasteiger partial charge is 0.225 e. The van der Waals surface area contributed by atoms with Crippen LogP contribution in [0.4, 0.5) is 0 Å². The van der Waals surface area contributed by atoms with Gasteiger partial charge in [-0.25, -0.2) is 0 Å². The molecule has 2 amide bonds. The molecule has 0 heterocycles. The third kappa shape index (κ3) is 6.94. The van der Waals surface area contributed by atoms with Crippen molar-refractivity contribution in [3.8, 4) is 0 Å². The fourth-order valence-corrected chi connectivity index (χ4v) is 0.949. The van der Waals surface area contributed by atoms with Gasteiger partial charge in [0.05, 0.1) is 0 Å². The van der Waals surface area contributed by atoms with Crippen molar-refractivity contribution in [2.24, 2.45) is 5.41 Å². The van der Waals surface area contributed by atoms with E-state index in [-0.39, 0.29) is 17.9 Å². The van der Waals surface area contributed by atoms with E-state index in [1.165, 1.54) is 0 Å². The number of carbonyl (C=O) groups excluding carboxylic acids is 2. The second-order valence-electron chi connectivity index (χ2n) is 4.98. The maximum atomic E-state index is 11.4. The van der Waals surface area contributed by atoms with Gasteiger partial charge in [-0.1, -0.05) is 20.8 Å². The van der Waals surface area contributed by atoms with E-state index in [1.807, 2.05) is 34.6 Å². The second kappa shape index (κ2) is 5.73. The van der Waals surface area contributed by atoms with Crippen molar-refractivity contribution < 1.29 is 9.59 Å². The Bertz CT molecular complexity index is 229. The van der Waals surface area contributed by atoms with Gasteiger partial charge in [-0.3, -0.25) is 9.59 Å². The second-order valence-corrected chi connectivity index (χ2v) is 4.98. The maximum absolute atomic E-state index is 11.4. The minimum absolute atomic E-state index is 0.0279. The summed E-state index contributed by atoms with van der Waals surface area (Å²) < 4.78 is 0. The number of rotatable bonds is 4. The maximum Gasteiger partial charge on any atom is 0.225 e. The Morgan fingerprint density at radius 2 is 1.73 bits per heavy atom. The molecule has 0 atom stereocenters. The van der Waals surface area contributed by atoms with Gasteiger partial charge in [-0.15, -0.1) is 0 Å². The number of amides is 2. The van der Waals surface area contributed by atoms with E-state index < -0.39 is 5.41 Å². The fraction of sp³-hybridized carbons (Fsp3) is 0.818. The van der Waals surface area contributed by atoms with E-state index >= 15 is 0 Å². The van der Waals surface area contributed by atoms with Crippen LogP contribution in [0.3, 0.4) is 0 Å². The Balaban J connectivity index is 3.72. The Labute approximate surface area is 91.8 Å². The highest BCUT2D eigenvalue weighted by molar-refractivity contribution is 5.82. The van der Waals surface area contributed by atoms with Gasteiger partial charge in [-0.2, -0.15) is 0 Å². The molecule has 88 valence electrons. The van der Waals surface area contributed by atoms with Crippen molar-refractivity contribution in [3.63, 3.8) is 0 Å². The first-order chi connectivity index (χ1) is 6.73. The third-order valence-corrected chi connectivity index (χ3v) is 1.77. The topological polar surface area (TPSA) is 58.2 Å². The largest absolute Gasteiger partial charge is 0.355 e. The average molecular weight is 214 g/mol. The molecule has 0 aliphatic rings. The lowest BCUT2D eigenvalue weighted by atomic mass is 9.96. The molecule has 0 spiro atoms. The van der Waals surface area contributed by atoms with Crippen molar-refractivity contribution in [1.29, 1.82) is 0 Å². The average Bonchev–Trinajstić information content (AvgIpc) is 2.00. The van der Waals surface area contributed by atoms with Crippen LogP contribution in [0.25, 0.3) is 0 Å². The molecule has 0 saturated carbocycles. The summed E-state index contributed by atoms with van der Waals surface area (Å²) in [4.78, 5) is 22.6. The van der Waals surface area contributed by atoms with Gasteiger partial charge in [-0.05, 0) is 13.8 Å². The fourth-order valence-electron chi connectivity index (χ4n) is 0.949. The van der Waals surface area contributed by atoms with Crippen molar-refractivity contribution in [1.82, 2.24) is 10.6 Å². The first-order valence-corrected chi connectivity index (χ1v) is 5.31. The Morgan fingerprint density at radius 1 is 1.20 bits per heavy atom. The normalized spacial score (nSPS) is 11.3. The highest BCUT2D eigenvalue weighted by Crippen LogP contribution is 2.11. The molecule has 0 unspecified atom stereocenters. The Morgan fingerprint density at radius 3 is 2.13 bits per heavy atom. The molecule has 0 saturated heterocycles.